The van der Waals surface area contributed by atoms with E-state index in [2.05, 4.69) is 20.9 Å². The molecule has 1 fully saturated rings. The summed E-state index contributed by atoms with van der Waals surface area (Å²) in [5, 5.41) is 8.89. The molecule has 124 valence electrons. The summed E-state index contributed by atoms with van der Waals surface area (Å²) in [6.07, 6.45) is 2.97. The number of hydrogen-bond donors (Lipinski definition) is 0. The second-order valence-corrected chi connectivity index (χ2v) is 6.35. The van der Waals surface area contributed by atoms with Crippen LogP contribution < -0.4 is 9.64 Å². The Morgan fingerprint density at radius 2 is 2.08 bits per heavy atom. The number of benzene rings is 1. The molecule has 0 aliphatic carbocycles. The van der Waals surface area contributed by atoms with Crippen molar-refractivity contribution in [2.24, 2.45) is 0 Å². The summed E-state index contributed by atoms with van der Waals surface area (Å²) in [4.78, 5) is 8.77. The highest BCUT2D eigenvalue weighted by atomic mass is 16.5. The number of nitrogens with zero attached hydrogens (tertiary/aromatic N) is 4. The minimum absolute atomic E-state index is 0.176. The van der Waals surface area contributed by atoms with Gasteiger partial charge in [-0.3, -0.25) is 4.98 Å². The molecule has 1 aliphatic rings. The maximum atomic E-state index is 8.89. The first-order valence-corrected chi connectivity index (χ1v) is 8.15. The molecule has 1 aromatic carbocycles. The molecule has 0 radical (unpaired) electrons. The Morgan fingerprint density at radius 3 is 2.79 bits per heavy atom. The lowest BCUT2D eigenvalue weighted by molar-refractivity contribution is 0.224. The summed E-state index contributed by atoms with van der Waals surface area (Å²) in [5.41, 5.74) is 2.85. The Hall–Kier alpha value is -2.58. The fraction of sp³-hybridized carbons (Fsp3) is 0.368. The van der Waals surface area contributed by atoms with E-state index in [1.807, 2.05) is 56.7 Å². The summed E-state index contributed by atoms with van der Waals surface area (Å²) in [5.74, 6) is 0.883. The summed E-state index contributed by atoms with van der Waals surface area (Å²) in [6.45, 7) is 2.63. The van der Waals surface area contributed by atoms with Crippen LogP contribution in [0.3, 0.4) is 0 Å². The van der Waals surface area contributed by atoms with Gasteiger partial charge in [0.2, 0.25) is 0 Å². The number of rotatable bonds is 5. The van der Waals surface area contributed by atoms with Crippen molar-refractivity contribution in [3.8, 4) is 11.8 Å². The van der Waals surface area contributed by atoms with Gasteiger partial charge in [-0.05, 0) is 44.4 Å². The van der Waals surface area contributed by atoms with Crippen LogP contribution in [0.4, 0.5) is 5.69 Å². The van der Waals surface area contributed by atoms with Crippen LogP contribution in [-0.2, 0) is 6.54 Å². The molecule has 24 heavy (non-hydrogen) atoms. The van der Waals surface area contributed by atoms with Crippen LogP contribution >= 0.6 is 0 Å². The van der Waals surface area contributed by atoms with Crippen LogP contribution in [0.15, 0.2) is 42.6 Å². The van der Waals surface area contributed by atoms with Gasteiger partial charge in [0.25, 0.3) is 0 Å². The van der Waals surface area contributed by atoms with Gasteiger partial charge in [-0.25, -0.2) is 0 Å². The molecule has 2 aromatic rings. The van der Waals surface area contributed by atoms with Crippen molar-refractivity contribution < 1.29 is 4.74 Å². The van der Waals surface area contributed by atoms with E-state index in [1.165, 1.54) is 0 Å². The maximum Gasteiger partial charge on any atom is 0.123 e. The average molecular weight is 322 g/mol. The lowest BCUT2D eigenvalue weighted by Gasteiger charge is -2.19. The van der Waals surface area contributed by atoms with Crippen molar-refractivity contribution in [2.75, 3.05) is 32.1 Å². The predicted octanol–water partition coefficient (Wildman–Crippen LogP) is 2.67. The number of nitriles is 1. The van der Waals surface area contributed by atoms with E-state index in [4.69, 9.17) is 10.00 Å². The minimum Gasteiger partial charge on any atom is -0.488 e. The minimum atomic E-state index is 0.176. The molecule has 0 amide bonds. The second-order valence-electron chi connectivity index (χ2n) is 6.35. The second kappa shape index (κ2) is 7.33. The van der Waals surface area contributed by atoms with Crippen LogP contribution in [0.1, 0.15) is 17.7 Å². The summed E-state index contributed by atoms with van der Waals surface area (Å²) >= 11 is 0. The van der Waals surface area contributed by atoms with Crippen LogP contribution in [0.2, 0.25) is 0 Å². The van der Waals surface area contributed by atoms with Gasteiger partial charge in [0.15, 0.2) is 0 Å². The van der Waals surface area contributed by atoms with E-state index in [-0.39, 0.29) is 6.10 Å². The first-order valence-electron chi connectivity index (χ1n) is 8.15. The molecule has 1 aliphatic heterocycles. The van der Waals surface area contributed by atoms with Crippen LogP contribution in [0.25, 0.3) is 0 Å². The maximum absolute atomic E-state index is 8.89. The Morgan fingerprint density at radius 1 is 1.29 bits per heavy atom. The van der Waals surface area contributed by atoms with Crippen molar-refractivity contribution in [1.82, 2.24) is 9.88 Å². The Kier molecular flexibility index (Phi) is 4.97. The molecule has 1 aromatic heterocycles. The summed E-state index contributed by atoms with van der Waals surface area (Å²) in [6, 6.07) is 13.8. The van der Waals surface area contributed by atoms with Crippen molar-refractivity contribution in [3.05, 3.63) is 53.9 Å². The number of hydrogen-bond acceptors (Lipinski definition) is 5. The third-order valence-electron chi connectivity index (χ3n) is 4.08. The highest BCUT2D eigenvalue weighted by Crippen LogP contribution is 2.24. The zero-order valence-electron chi connectivity index (χ0n) is 14.1. The number of aromatic nitrogens is 1. The molecule has 5 nitrogen and oxygen atoms in total. The lowest BCUT2D eigenvalue weighted by Crippen LogP contribution is -2.24. The zero-order chi connectivity index (χ0) is 16.9. The fourth-order valence-corrected chi connectivity index (χ4v) is 2.94. The van der Waals surface area contributed by atoms with Gasteiger partial charge in [-0.2, -0.15) is 5.26 Å². The van der Waals surface area contributed by atoms with E-state index in [1.54, 1.807) is 0 Å². The third-order valence-corrected chi connectivity index (χ3v) is 4.08. The van der Waals surface area contributed by atoms with Crippen molar-refractivity contribution in [2.45, 2.75) is 19.1 Å². The summed E-state index contributed by atoms with van der Waals surface area (Å²) < 4.78 is 6.14. The molecule has 1 unspecified atom stereocenters. The van der Waals surface area contributed by atoms with Gasteiger partial charge >= 0.3 is 0 Å². The topological polar surface area (TPSA) is 52.4 Å². The average Bonchev–Trinajstić information content (AvgIpc) is 3.03. The Bertz CT molecular complexity index is 721. The van der Waals surface area contributed by atoms with E-state index in [9.17, 15) is 0 Å². The molecular formula is C19H22N4O. The molecule has 0 spiro atoms. The third kappa shape index (κ3) is 4.03. The van der Waals surface area contributed by atoms with Gasteiger partial charge in [0.05, 0.1) is 23.9 Å². The Balaban J connectivity index is 1.60. The van der Waals surface area contributed by atoms with E-state index in [0.717, 1.165) is 43.2 Å². The molecule has 3 rings (SSSR count). The highest BCUT2D eigenvalue weighted by molar-refractivity contribution is 5.50. The van der Waals surface area contributed by atoms with Crippen LogP contribution in [0, 0.1) is 11.3 Å². The quantitative estimate of drug-likeness (QED) is 0.847. The van der Waals surface area contributed by atoms with Gasteiger partial charge < -0.3 is 14.5 Å². The van der Waals surface area contributed by atoms with Gasteiger partial charge in [0, 0.05) is 37.5 Å². The zero-order valence-corrected chi connectivity index (χ0v) is 14.1. The van der Waals surface area contributed by atoms with E-state index >= 15 is 0 Å². The molecule has 0 N–H and O–H groups in total. The molecule has 5 heteroatoms. The summed E-state index contributed by atoms with van der Waals surface area (Å²) in [7, 11) is 4.06. The Labute approximate surface area is 143 Å². The molecule has 1 atom stereocenters. The predicted molar refractivity (Wildman–Crippen MR) is 94.0 cm³/mol. The molecule has 1 saturated heterocycles. The van der Waals surface area contributed by atoms with Gasteiger partial charge in [-0.1, -0.05) is 0 Å². The molecule has 0 saturated carbocycles. The largest absolute Gasteiger partial charge is 0.488 e. The molecular weight excluding hydrogens is 300 g/mol. The van der Waals surface area contributed by atoms with Gasteiger partial charge in [0.1, 0.15) is 11.9 Å². The number of ether oxygens (including phenoxy) is 1. The standard InChI is InChI=1S/C19H22N4O/c1-22(2)13-16-11-18(7-9-21-16)24-19-8-10-23(14-19)17-5-3-15(12-20)4-6-17/h3-7,9,11,19H,8,10,13-14H2,1-2H3. The normalized spacial score (nSPS) is 17.1. The molecule has 0 bridgehead atoms. The highest BCUT2D eigenvalue weighted by Gasteiger charge is 2.24. The van der Waals surface area contributed by atoms with Crippen molar-refractivity contribution in [3.63, 3.8) is 0 Å². The monoisotopic (exact) mass is 322 g/mol. The van der Waals surface area contributed by atoms with E-state index < -0.39 is 0 Å². The first-order chi connectivity index (χ1) is 11.6. The number of anilines is 1. The first kappa shape index (κ1) is 16.3. The van der Waals surface area contributed by atoms with Crippen LogP contribution in [-0.4, -0.2) is 43.2 Å². The van der Waals surface area contributed by atoms with Crippen molar-refractivity contribution in [1.29, 1.82) is 5.26 Å². The SMILES string of the molecule is CN(C)Cc1cc(OC2CCN(c3ccc(C#N)cc3)C2)ccn1. The number of pyridine rings is 1. The van der Waals surface area contributed by atoms with Crippen LogP contribution in [0.5, 0.6) is 5.75 Å². The molecule has 2 heterocycles. The smallest absolute Gasteiger partial charge is 0.123 e. The van der Waals surface area contributed by atoms with E-state index in [0.29, 0.717) is 5.56 Å². The fourth-order valence-electron chi connectivity index (χ4n) is 2.94. The van der Waals surface area contributed by atoms with Crippen molar-refractivity contribution >= 4 is 5.69 Å². The van der Waals surface area contributed by atoms with Gasteiger partial charge in [-0.15, -0.1) is 0 Å². The lowest BCUT2D eigenvalue weighted by atomic mass is 10.2.